The molecular weight excluding hydrogens is 316 g/mol. The van der Waals surface area contributed by atoms with E-state index >= 15 is 0 Å². The van der Waals surface area contributed by atoms with Crippen molar-refractivity contribution in [2.24, 2.45) is 0 Å². The van der Waals surface area contributed by atoms with Crippen LogP contribution in [0.3, 0.4) is 0 Å². The highest BCUT2D eigenvalue weighted by atomic mass is 16.3. The molecular formula is C25H20O. The molecule has 4 rings (SSSR count). The molecule has 0 fully saturated rings. The van der Waals surface area contributed by atoms with Gasteiger partial charge in [-0.15, -0.1) is 0 Å². The molecule has 26 heavy (non-hydrogen) atoms. The number of hydrogen-bond donors (Lipinski definition) is 1. The molecule has 0 radical (unpaired) electrons. The second-order valence-corrected chi connectivity index (χ2v) is 6.31. The first-order chi connectivity index (χ1) is 12.8. The molecule has 1 heteroatoms. The zero-order valence-corrected chi connectivity index (χ0v) is 14.4. The van der Waals surface area contributed by atoms with Crippen LogP contribution < -0.4 is 0 Å². The summed E-state index contributed by atoms with van der Waals surface area (Å²) in [6.07, 6.45) is -0.692. The van der Waals surface area contributed by atoms with Crippen molar-refractivity contribution in [3.63, 3.8) is 0 Å². The predicted octanol–water partition coefficient (Wildman–Crippen LogP) is 6.10. The van der Waals surface area contributed by atoms with Crippen LogP contribution in [-0.2, 0) is 0 Å². The molecule has 4 aromatic rings. The zero-order chi connectivity index (χ0) is 17.8. The molecule has 0 saturated carbocycles. The van der Waals surface area contributed by atoms with E-state index in [1.807, 2.05) is 66.7 Å². The fourth-order valence-electron chi connectivity index (χ4n) is 3.40. The fraction of sp³-hybridized carbons (Fsp3) is 0.0400. The molecule has 0 heterocycles. The topological polar surface area (TPSA) is 20.2 Å². The lowest BCUT2D eigenvalue weighted by Crippen LogP contribution is -2.04. The number of hydrogen-bond acceptors (Lipinski definition) is 1. The van der Waals surface area contributed by atoms with Crippen molar-refractivity contribution in [1.82, 2.24) is 0 Å². The first kappa shape index (κ1) is 16.3. The van der Waals surface area contributed by atoms with Crippen LogP contribution >= 0.6 is 0 Å². The lowest BCUT2D eigenvalue weighted by molar-refractivity contribution is 0.221. The highest BCUT2D eigenvalue weighted by molar-refractivity contribution is 5.79. The maximum absolute atomic E-state index is 11.3. The van der Waals surface area contributed by atoms with Gasteiger partial charge in [0.25, 0.3) is 0 Å². The zero-order valence-electron chi connectivity index (χ0n) is 14.4. The Morgan fingerprint density at radius 1 is 0.462 bits per heavy atom. The molecule has 0 aromatic heterocycles. The van der Waals surface area contributed by atoms with Crippen molar-refractivity contribution in [3.05, 3.63) is 120 Å². The highest BCUT2D eigenvalue weighted by Gasteiger charge is 2.20. The number of benzene rings is 4. The highest BCUT2D eigenvalue weighted by Crippen LogP contribution is 2.38. The van der Waals surface area contributed by atoms with Gasteiger partial charge in [0.15, 0.2) is 0 Å². The quantitative estimate of drug-likeness (QED) is 0.477. The van der Waals surface area contributed by atoms with Crippen LogP contribution in [0.1, 0.15) is 17.2 Å². The average Bonchev–Trinajstić information content (AvgIpc) is 2.74. The van der Waals surface area contributed by atoms with Gasteiger partial charge in [-0.2, -0.15) is 0 Å². The summed E-state index contributed by atoms with van der Waals surface area (Å²) in [6.45, 7) is 0. The molecule has 1 atom stereocenters. The van der Waals surface area contributed by atoms with E-state index in [-0.39, 0.29) is 0 Å². The Hall–Kier alpha value is -3.16. The molecule has 1 nitrogen and oxygen atoms in total. The third-order valence-corrected chi connectivity index (χ3v) is 4.66. The lowest BCUT2D eigenvalue weighted by atomic mass is 9.86. The van der Waals surface area contributed by atoms with Crippen molar-refractivity contribution in [2.45, 2.75) is 6.10 Å². The van der Waals surface area contributed by atoms with E-state index in [0.29, 0.717) is 0 Å². The molecule has 126 valence electrons. The molecule has 0 aliphatic heterocycles. The van der Waals surface area contributed by atoms with E-state index < -0.39 is 6.10 Å². The summed E-state index contributed by atoms with van der Waals surface area (Å²) in [5, 5.41) is 11.3. The number of rotatable bonds is 4. The van der Waals surface area contributed by atoms with Crippen LogP contribution in [-0.4, -0.2) is 5.11 Å². The smallest absolute Gasteiger partial charge is 0.105 e. The molecule has 0 bridgehead atoms. The Labute approximate surface area is 154 Å². The van der Waals surface area contributed by atoms with E-state index in [1.165, 1.54) is 0 Å². The van der Waals surface area contributed by atoms with E-state index in [0.717, 1.165) is 33.4 Å². The van der Waals surface area contributed by atoms with Crippen LogP contribution in [0.25, 0.3) is 22.3 Å². The van der Waals surface area contributed by atoms with Gasteiger partial charge in [0.2, 0.25) is 0 Å². The molecule has 0 aliphatic carbocycles. The van der Waals surface area contributed by atoms with Crippen LogP contribution in [0.15, 0.2) is 109 Å². The summed E-state index contributed by atoms with van der Waals surface area (Å²) in [6, 6.07) is 36.6. The van der Waals surface area contributed by atoms with Crippen LogP contribution in [0.4, 0.5) is 0 Å². The average molecular weight is 336 g/mol. The minimum Gasteiger partial charge on any atom is -0.384 e. The van der Waals surface area contributed by atoms with Gasteiger partial charge in [-0.3, -0.25) is 0 Å². The van der Waals surface area contributed by atoms with Gasteiger partial charge in [-0.05, 0) is 27.8 Å². The predicted molar refractivity (Wildman–Crippen MR) is 108 cm³/mol. The Bertz CT molecular complexity index is 919. The van der Waals surface area contributed by atoms with Gasteiger partial charge >= 0.3 is 0 Å². The van der Waals surface area contributed by atoms with Crippen molar-refractivity contribution in [3.8, 4) is 22.3 Å². The number of aliphatic hydroxyl groups excluding tert-OH is 1. The van der Waals surface area contributed by atoms with Gasteiger partial charge in [0.1, 0.15) is 6.10 Å². The Kier molecular flexibility index (Phi) is 4.63. The SMILES string of the molecule is OC(c1ccccc1)c1c(-c2ccccc2)cccc1-c1ccccc1. The molecule has 1 N–H and O–H groups in total. The largest absolute Gasteiger partial charge is 0.384 e. The Balaban J connectivity index is 1.96. The molecule has 0 spiro atoms. The van der Waals surface area contributed by atoms with Crippen molar-refractivity contribution in [1.29, 1.82) is 0 Å². The van der Waals surface area contributed by atoms with E-state index in [2.05, 4.69) is 42.5 Å². The molecule has 1 unspecified atom stereocenters. The van der Waals surface area contributed by atoms with Crippen molar-refractivity contribution in [2.75, 3.05) is 0 Å². The number of aliphatic hydroxyl groups is 1. The first-order valence-electron chi connectivity index (χ1n) is 8.81. The van der Waals surface area contributed by atoms with Gasteiger partial charge in [0.05, 0.1) is 0 Å². The lowest BCUT2D eigenvalue weighted by Gasteiger charge is -2.21. The molecule has 0 amide bonds. The summed E-state index contributed by atoms with van der Waals surface area (Å²) in [5.74, 6) is 0. The summed E-state index contributed by atoms with van der Waals surface area (Å²) in [4.78, 5) is 0. The Morgan fingerprint density at radius 2 is 0.885 bits per heavy atom. The standard InChI is InChI=1S/C25H20O/c26-25(21-15-8-3-9-16-21)24-22(19-11-4-1-5-12-19)17-10-18-23(24)20-13-6-2-7-14-20/h1-18,25-26H. The molecule has 0 saturated heterocycles. The van der Waals surface area contributed by atoms with Gasteiger partial charge in [0, 0.05) is 5.56 Å². The summed E-state index contributed by atoms with van der Waals surface area (Å²) < 4.78 is 0. The fourth-order valence-corrected chi connectivity index (χ4v) is 3.40. The van der Waals surface area contributed by atoms with Gasteiger partial charge in [-0.1, -0.05) is 109 Å². The third kappa shape index (κ3) is 3.17. The van der Waals surface area contributed by atoms with Crippen molar-refractivity contribution >= 4 is 0 Å². The summed E-state index contributed by atoms with van der Waals surface area (Å²) >= 11 is 0. The Morgan fingerprint density at radius 3 is 1.35 bits per heavy atom. The van der Waals surface area contributed by atoms with Crippen LogP contribution in [0.5, 0.6) is 0 Å². The van der Waals surface area contributed by atoms with Gasteiger partial charge < -0.3 is 5.11 Å². The maximum atomic E-state index is 11.3. The normalized spacial score (nSPS) is 11.9. The van der Waals surface area contributed by atoms with Gasteiger partial charge in [-0.25, -0.2) is 0 Å². The van der Waals surface area contributed by atoms with E-state index in [1.54, 1.807) is 0 Å². The molecule has 0 aliphatic rings. The first-order valence-corrected chi connectivity index (χ1v) is 8.81. The summed E-state index contributed by atoms with van der Waals surface area (Å²) in [5.41, 5.74) is 6.17. The minimum atomic E-state index is -0.692. The van der Waals surface area contributed by atoms with Crippen LogP contribution in [0.2, 0.25) is 0 Å². The van der Waals surface area contributed by atoms with E-state index in [9.17, 15) is 5.11 Å². The second-order valence-electron chi connectivity index (χ2n) is 6.31. The monoisotopic (exact) mass is 336 g/mol. The molecule has 4 aromatic carbocycles. The van der Waals surface area contributed by atoms with E-state index in [4.69, 9.17) is 0 Å². The maximum Gasteiger partial charge on any atom is 0.105 e. The van der Waals surface area contributed by atoms with Crippen molar-refractivity contribution < 1.29 is 5.11 Å². The third-order valence-electron chi connectivity index (χ3n) is 4.66. The second kappa shape index (κ2) is 7.38. The summed E-state index contributed by atoms with van der Waals surface area (Å²) in [7, 11) is 0. The minimum absolute atomic E-state index is 0.692. The van der Waals surface area contributed by atoms with Crippen LogP contribution in [0, 0.1) is 0 Å².